The van der Waals surface area contributed by atoms with Gasteiger partial charge in [0, 0.05) is 32.2 Å². The van der Waals surface area contributed by atoms with Gasteiger partial charge in [-0.2, -0.15) is 10.2 Å². The average Bonchev–Trinajstić information content (AvgIpc) is 2.90. The zero-order chi connectivity index (χ0) is 22.1. The van der Waals surface area contributed by atoms with Crippen molar-refractivity contribution in [1.82, 2.24) is 24.9 Å². The topological polar surface area (TPSA) is 67.2 Å². The van der Waals surface area contributed by atoms with Gasteiger partial charge in [0.1, 0.15) is 11.5 Å². The summed E-state index contributed by atoms with van der Waals surface area (Å²) in [6.07, 6.45) is 0.792. The van der Waals surface area contributed by atoms with Gasteiger partial charge in [-0.25, -0.2) is 13.5 Å². The molecule has 3 heterocycles. The number of aromatic nitrogens is 4. The lowest BCUT2D eigenvalue weighted by Crippen LogP contribution is -2.36. The van der Waals surface area contributed by atoms with Crippen LogP contribution in [0.3, 0.4) is 0 Å². The van der Waals surface area contributed by atoms with Crippen LogP contribution in [0, 0.1) is 32.4 Å². The van der Waals surface area contributed by atoms with E-state index in [-0.39, 0.29) is 11.6 Å². The number of aryl methyl sites for hydroxylation is 2. The van der Waals surface area contributed by atoms with Gasteiger partial charge in [0.05, 0.1) is 22.6 Å². The molecule has 0 aliphatic carbocycles. The van der Waals surface area contributed by atoms with Crippen LogP contribution in [0.15, 0.2) is 30.3 Å². The van der Waals surface area contributed by atoms with E-state index >= 15 is 0 Å². The van der Waals surface area contributed by atoms with Crippen LogP contribution in [0.4, 0.5) is 14.6 Å². The molecule has 2 aromatic heterocycles. The Morgan fingerprint density at radius 3 is 2.48 bits per heavy atom. The summed E-state index contributed by atoms with van der Waals surface area (Å²) in [6, 6.07) is 7.17. The fourth-order valence-electron chi connectivity index (χ4n) is 3.91. The molecule has 0 atom stereocenters. The number of hydrogen-bond donors (Lipinski definition) is 0. The van der Waals surface area contributed by atoms with Crippen LogP contribution in [0.5, 0.6) is 0 Å². The number of carbonyl (C=O) groups is 1. The lowest BCUT2D eigenvalue weighted by Gasteiger charge is -2.22. The summed E-state index contributed by atoms with van der Waals surface area (Å²) in [5.41, 5.74) is 2.46. The summed E-state index contributed by atoms with van der Waals surface area (Å²) in [5.74, 6) is -0.729. The van der Waals surface area contributed by atoms with E-state index in [2.05, 4.69) is 20.2 Å². The van der Waals surface area contributed by atoms with Gasteiger partial charge in [-0.1, -0.05) is 0 Å². The highest BCUT2D eigenvalue weighted by Crippen LogP contribution is 2.23. The summed E-state index contributed by atoms with van der Waals surface area (Å²) >= 11 is 0. The van der Waals surface area contributed by atoms with Crippen molar-refractivity contribution in [3.05, 3.63) is 64.6 Å². The maximum atomic E-state index is 14.3. The Hall–Kier alpha value is -3.36. The summed E-state index contributed by atoms with van der Waals surface area (Å²) in [6.45, 7) is 7.89. The second kappa shape index (κ2) is 8.41. The van der Waals surface area contributed by atoms with Gasteiger partial charge in [0.2, 0.25) is 0 Å². The molecule has 162 valence electrons. The van der Waals surface area contributed by atoms with Gasteiger partial charge in [0.15, 0.2) is 11.6 Å². The molecule has 31 heavy (non-hydrogen) atoms. The zero-order valence-electron chi connectivity index (χ0n) is 17.8. The van der Waals surface area contributed by atoms with Crippen molar-refractivity contribution in [3.8, 4) is 5.69 Å². The quantitative estimate of drug-likeness (QED) is 0.643. The Morgan fingerprint density at radius 1 is 0.968 bits per heavy atom. The number of carbonyl (C=O) groups excluding carboxylic acids is 1. The lowest BCUT2D eigenvalue weighted by molar-refractivity contribution is 0.0765. The fraction of sp³-hybridized carbons (Fsp3) is 0.364. The summed E-state index contributed by atoms with van der Waals surface area (Å²) in [5, 5.41) is 12.7. The molecule has 1 aliphatic heterocycles. The van der Waals surface area contributed by atoms with Gasteiger partial charge in [-0.15, -0.1) is 5.10 Å². The predicted molar refractivity (Wildman–Crippen MR) is 112 cm³/mol. The minimum absolute atomic E-state index is 0.112. The SMILES string of the molecule is Cc1ccc(N2CCCN(C(=O)c3c(C)nn(-c4ccc(F)cc4F)c3C)CC2)nn1. The second-order valence-corrected chi connectivity index (χ2v) is 7.72. The Balaban J connectivity index is 1.56. The number of rotatable bonds is 3. The van der Waals surface area contributed by atoms with Gasteiger partial charge < -0.3 is 9.80 Å². The average molecular weight is 426 g/mol. The first-order valence-corrected chi connectivity index (χ1v) is 10.2. The number of benzene rings is 1. The van der Waals surface area contributed by atoms with Gasteiger partial charge >= 0.3 is 0 Å². The molecule has 0 bridgehead atoms. The third-order valence-electron chi connectivity index (χ3n) is 5.53. The van der Waals surface area contributed by atoms with Gasteiger partial charge in [0.25, 0.3) is 5.91 Å². The van der Waals surface area contributed by atoms with Crippen molar-refractivity contribution in [2.75, 3.05) is 31.1 Å². The lowest BCUT2D eigenvalue weighted by atomic mass is 10.1. The molecule has 0 unspecified atom stereocenters. The molecule has 1 aromatic carbocycles. The maximum Gasteiger partial charge on any atom is 0.257 e. The molecule has 1 saturated heterocycles. The molecular formula is C22H24F2N6O. The smallest absolute Gasteiger partial charge is 0.257 e. The van der Waals surface area contributed by atoms with Gasteiger partial charge in [-0.3, -0.25) is 4.79 Å². The van der Waals surface area contributed by atoms with Crippen molar-refractivity contribution in [1.29, 1.82) is 0 Å². The Kier molecular flexibility index (Phi) is 5.67. The second-order valence-electron chi connectivity index (χ2n) is 7.72. The van der Waals surface area contributed by atoms with Gasteiger partial charge in [-0.05, 0) is 51.5 Å². The molecule has 1 fully saturated rings. The molecule has 0 N–H and O–H groups in total. The van der Waals surface area contributed by atoms with E-state index in [1.54, 1.807) is 18.7 Å². The monoisotopic (exact) mass is 426 g/mol. The van der Waals surface area contributed by atoms with Crippen LogP contribution in [0.25, 0.3) is 5.69 Å². The Bertz CT molecular complexity index is 1110. The van der Waals surface area contributed by atoms with E-state index in [1.807, 2.05) is 19.1 Å². The van der Waals surface area contributed by atoms with Crippen molar-refractivity contribution >= 4 is 11.7 Å². The number of amides is 1. The molecule has 0 saturated carbocycles. The number of nitrogens with zero attached hydrogens (tertiary/aromatic N) is 6. The van der Waals surface area contributed by atoms with E-state index < -0.39 is 11.6 Å². The fourth-order valence-corrected chi connectivity index (χ4v) is 3.91. The zero-order valence-corrected chi connectivity index (χ0v) is 17.8. The minimum Gasteiger partial charge on any atom is -0.353 e. The molecule has 1 amide bonds. The number of hydrogen-bond acceptors (Lipinski definition) is 5. The normalized spacial score (nSPS) is 14.6. The summed E-state index contributed by atoms with van der Waals surface area (Å²) in [7, 11) is 0. The van der Waals surface area contributed by atoms with Crippen LogP contribution in [-0.2, 0) is 0 Å². The largest absolute Gasteiger partial charge is 0.353 e. The number of anilines is 1. The van der Waals surface area contributed by atoms with E-state index in [9.17, 15) is 13.6 Å². The highest BCUT2D eigenvalue weighted by molar-refractivity contribution is 5.96. The molecule has 7 nitrogen and oxygen atoms in total. The van der Waals surface area contributed by atoms with E-state index in [4.69, 9.17) is 0 Å². The molecular weight excluding hydrogens is 402 g/mol. The van der Waals surface area contributed by atoms with Crippen molar-refractivity contribution in [2.24, 2.45) is 0 Å². The molecule has 1 aliphatic rings. The standard InChI is InChI=1S/C22H24F2N6O/c1-14-5-8-20(26-25-14)28-9-4-10-29(12-11-28)22(31)21-15(2)27-30(16(21)3)19-7-6-17(23)13-18(19)24/h5-8,13H,4,9-12H2,1-3H3. The van der Waals surface area contributed by atoms with Crippen LogP contribution >= 0.6 is 0 Å². The molecule has 3 aromatic rings. The molecule has 0 spiro atoms. The summed E-state index contributed by atoms with van der Waals surface area (Å²) < 4.78 is 28.9. The Labute approximate surface area is 179 Å². The highest BCUT2D eigenvalue weighted by atomic mass is 19.1. The third kappa shape index (κ3) is 4.12. The van der Waals surface area contributed by atoms with Crippen molar-refractivity contribution in [3.63, 3.8) is 0 Å². The Morgan fingerprint density at radius 2 is 1.77 bits per heavy atom. The predicted octanol–water partition coefficient (Wildman–Crippen LogP) is 3.22. The minimum atomic E-state index is -0.728. The number of halogens is 2. The van der Waals surface area contributed by atoms with E-state index in [0.717, 1.165) is 30.5 Å². The van der Waals surface area contributed by atoms with Crippen LogP contribution in [-0.4, -0.2) is 57.0 Å². The highest BCUT2D eigenvalue weighted by Gasteiger charge is 2.27. The molecule has 4 rings (SSSR count). The van der Waals surface area contributed by atoms with Crippen LogP contribution < -0.4 is 4.90 Å². The maximum absolute atomic E-state index is 14.3. The van der Waals surface area contributed by atoms with E-state index in [0.29, 0.717) is 36.6 Å². The van der Waals surface area contributed by atoms with Crippen molar-refractivity contribution < 1.29 is 13.6 Å². The first-order valence-electron chi connectivity index (χ1n) is 10.2. The first kappa shape index (κ1) is 20.9. The molecule has 9 heteroatoms. The summed E-state index contributed by atoms with van der Waals surface area (Å²) in [4.78, 5) is 17.3. The van der Waals surface area contributed by atoms with Crippen LogP contribution in [0.2, 0.25) is 0 Å². The molecule has 0 radical (unpaired) electrons. The van der Waals surface area contributed by atoms with E-state index in [1.165, 1.54) is 16.8 Å². The first-order chi connectivity index (χ1) is 14.8. The third-order valence-corrected chi connectivity index (χ3v) is 5.53. The van der Waals surface area contributed by atoms with Crippen molar-refractivity contribution in [2.45, 2.75) is 27.2 Å². The van der Waals surface area contributed by atoms with Crippen LogP contribution in [0.1, 0.15) is 33.9 Å².